The van der Waals surface area contributed by atoms with Gasteiger partial charge in [0.25, 0.3) is 11.5 Å². The van der Waals surface area contributed by atoms with Crippen LogP contribution in [0, 0.1) is 0 Å². The van der Waals surface area contributed by atoms with E-state index in [2.05, 4.69) is 10.1 Å². The molecule has 40 heavy (non-hydrogen) atoms. The highest BCUT2D eigenvalue weighted by Crippen LogP contribution is 2.34. The van der Waals surface area contributed by atoms with E-state index in [-0.39, 0.29) is 41.1 Å². The Balaban J connectivity index is 1.58. The molecule has 206 valence electrons. The van der Waals surface area contributed by atoms with Gasteiger partial charge in [-0.3, -0.25) is 23.3 Å². The zero-order chi connectivity index (χ0) is 28.7. The van der Waals surface area contributed by atoms with Gasteiger partial charge >= 0.3 is 11.7 Å². The smallest absolute Gasteiger partial charge is 0.332 e. The van der Waals surface area contributed by atoms with Gasteiger partial charge in [-0.15, -0.1) is 0 Å². The van der Waals surface area contributed by atoms with Crippen LogP contribution in [0.5, 0.6) is 17.5 Å². The van der Waals surface area contributed by atoms with Gasteiger partial charge in [-0.05, 0) is 41.5 Å². The fraction of sp³-hybridized carbons (Fsp3) is 0.200. The molecule has 3 heterocycles. The Morgan fingerprint density at radius 1 is 1.10 bits per heavy atom. The Labute approximate surface area is 246 Å². The maximum atomic E-state index is 13.2. The molecule has 2 aromatic carbocycles. The van der Waals surface area contributed by atoms with Crippen LogP contribution in [0.1, 0.15) is 11.1 Å². The summed E-state index contributed by atoms with van der Waals surface area (Å²) in [5, 5.41) is 6.20. The van der Waals surface area contributed by atoms with E-state index in [9.17, 15) is 14.4 Å². The molecule has 0 spiro atoms. The lowest BCUT2D eigenvalue weighted by Gasteiger charge is -2.13. The van der Waals surface area contributed by atoms with Crippen molar-refractivity contribution in [2.45, 2.75) is 6.54 Å². The largest absolute Gasteiger partial charge is 0.493 e. The Kier molecular flexibility index (Phi) is 7.73. The van der Waals surface area contributed by atoms with Crippen molar-refractivity contribution in [3.8, 4) is 17.5 Å². The Hall–Kier alpha value is -3.65. The topological polar surface area (TPSA) is 113 Å². The second-order valence-electron chi connectivity index (χ2n) is 8.61. The predicted octanol–water partition coefficient (Wildman–Crippen LogP) is 3.78. The number of aromatic nitrogens is 4. The minimum Gasteiger partial charge on any atom is -0.493 e. The van der Waals surface area contributed by atoms with Gasteiger partial charge in [0.2, 0.25) is 0 Å². The summed E-state index contributed by atoms with van der Waals surface area (Å²) >= 11 is 18.9. The molecule has 15 heteroatoms. The number of methoxy groups -OCH3 is 1. The number of halogens is 2. The first-order chi connectivity index (χ1) is 19.1. The van der Waals surface area contributed by atoms with Crippen LogP contribution in [0.4, 0.5) is 0 Å². The molecule has 0 saturated carbocycles. The lowest BCUT2D eigenvalue weighted by molar-refractivity contribution is -0.123. The van der Waals surface area contributed by atoms with E-state index in [1.165, 1.54) is 48.8 Å². The van der Waals surface area contributed by atoms with Crippen molar-refractivity contribution in [2.24, 2.45) is 19.2 Å². The van der Waals surface area contributed by atoms with Crippen molar-refractivity contribution < 1.29 is 14.3 Å². The van der Waals surface area contributed by atoms with Crippen LogP contribution in [0.3, 0.4) is 0 Å². The van der Waals surface area contributed by atoms with Gasteiger partial charge in [0.05, 0.1) is 25.6 Å². The van der Waals surface area contributed by atoms with Crippen LogP contribution in [-0.4, -0.2) is 53.0 Å². The van der Waals surface area contributed by atoms with Gasteiger partial charge in [-0.1, -0.05) is 53.2 Å². The molecule has 1 saturated heterocycles. The monoisotopic (exact) mass is 618 g/mol. The predicted molar refractivity (Wildman–Crippen MR) is 158 cm³/mol. The fourth-order valence-corrected chi connectivity index (χ4v) is 5.44. The van der Waals surface area contributed by atoms with Crippen LogP contribution in [0.15, 0.2) is 51.1 Å². The fourth-order valence-electron chi connectivity index (χ4n) is 4.00. The lowest BCUT2D eigenvalue weighted by Crippen LogP contribution is -2.37. The zero-order valence-electron chi connectivity index (χ0n) is 21.3. The number of aryl methyl sites for hydroxylation is 1. The molecule has 1 amide bonds. The van der Waals surface area contributed by atoms with Crippen LogP contribution < -0.4 is 20.7 Å². The van der Waals surface area contributed by atoms with Gasteiger partial charge in [0, 0.05) is 24.1 Å². The average Bonchev–Trinajstić information content (AvgIpc) is 3.45. The summed E-state index contributed by atoms with van der Waals surface area (Å²) in [5.41, 5.74) is 0.481. The molecule has 0 radical (unpaired) electrons. The summed E-state index contributed by atoms with van der Waals surface area (Å²) in [6.45, 7) is 0.101. The minimum atomic E-state index is -0.545. The molecule has 1 aliphatic heterocycles. The van der Waals surface area contributed by atoms with E-state index in [0.717, 1.165) is 4.57 Å². The highest BCUT2D eigenvalue weighted by atomic mass is 35.5. The summed E-state index contributed by atoms with van der Waals surface area (Å²) in [6, 6.07) is 10.0. The van der Waals surface area contributed by atoms with E-state index in [0.29, 0.717) is 31.2 Å². The number of thiocarbonyl (C=S) groups is 1. The molecule has 1 aliphatic rings. The maximum Gasteiger partial charge on any atom is 0.332 e. The third kappa shape index (κ3) is 5.12. The number of ether oxygens (including phenoxy) is 2. The molecule has 11 nitrogen and oxygen atoms in total. The number of hydrogen-bond donors (Lipinski definition) is 0. The first-order valence-corrected chi connectivity index (χ1v) is 13.7. The lowest BCUT2D eigenvalue weighted by atomic mass is 10.2. The summed E-state index contributed by atoms with van der Waals surface area (Å²) in [4.78, 5) is 42.3. The summed E-state index contributed by atoms with van der Waals surface area (Å²) in [5.74, 6) is 0.670. The second-order valence-corrected chi connectivity index (χ2v) is 11.1. The van der Waals surface area contributed by atoms with Crippen LogP contribution in [-0.2, 0) is 25.4 Å². The third-order valence-electron chi connectivity index (χ3n) is 6.10. The van der Waals surface area contributed by atoms with Crippen molar-refractivity contribution >= 4 is 74.8 Å². The first kappa shape index (κ1) is 27.9. The van der Waals surface area contributed by atoms with Gasteiger partial charge < -0.3 is 9.47 Å². The van der Waals surface area contributed by atoms with Gasteiger partial charge in [-0.25, -0.2) is 4.79 Å². The number of hydrazone groups is 1. The number of rotatable bonds is 7. The number of thioether (sulfide) groups is 1. The third-order valence-corrected chi connectivity index (χ3v) is 8.02. The Bertz CT molecular complexity index is 1830. The van der Waals surface area contributed by atoms with E-state index in [4.69, 9.17) is 44.9 Å². The quantitative estimate of drug-likeness (QED) is 0.227. The van der Waals surface area contributed by atoms with Gasteiger partial charge in [0.15, 0.2) is 27.0 Å². The molecule has 5 rings (SSSR count). The summed E-state index contributed by atoms with van der Waals surface area (Å²) in [6.07, 6.45) is 1.49. The van der Waals surface area contributed by atoms with Crippen molar-refractivity contribution in [3.63, 3.8) is 0 Å². The second kappa shape index (κ2) is 11.1. The normalized spacial score (nSPS) is 13.7. The molecular formula is C25H20Cl2N6O5S2. The van der Waals surface area contributed by atoms with Crippen molar-refractivity contribution in [2.75, 3.05) is 12.9 Å². The Morgan fingerprint density at radius 2 is 1.88 bits per heavy atom. The molecule has 2 aromatic heterocycles. The molecule has 0 N–H and O–H groups in total. The number of fused-ring (bicyclic) bond motifs is 1. The first-order valence-electron chi connectivity index (χ1n) is 11.6. The number of nitrogens with zero attached hydrogens (tertiary/aromatic N) is 6. The summed E-state index contributed by atoms with van der Waals surface area (Å²) in [7, 11) is 4.38. The molecule has 0 atom stereocenters. The van der Waals surface area contributed by atoms with Crippen molar-refractivity contribution in [3.05, 3.63) is 78.4 Å². The highest BCUT2D eigenvalue weighted by molar-refractivity contribution is 8.23. The minimum absolute atomic E-state index is 0.0315. The van der Waals surface area contributed by atoms with E-state index in [1.807, 2.05) is 0 Å². The maximum absolute atomic E-state index is 13.2. The number of hydrogen-bond acceptors (Lipinski definition) is 9. The number of imidazole rings is 1. The van der Waals surface area contributed by atoms with E-state index >= 15 is 0 Å². The molecular weight excluding hydrogens is 599 g/mol. The summed E-state index contributed by atoms with van der Waals surface area (Å²) < 4.78 is 15.9. The van der Waals surface area contributed by atoms with Crippen LogP contribution in [0.2, 0.25) is 10.0 Å². The van der Waals surface area contributed by atoms with Crippen LogP contribution >= 0.6 is 47.2 Å². The molecule has 0 aliphatic carbocycles. The molecule has 0 unspecified atom stereocenters. The van der Waals surface area contributed by atoms with Crippen LogP contribution in [0.25, 0.3) is 11.2 Å². The molecule has 4 aromatic rings. The van der Waals surface area contributed by atoms with E-state index < -0.39 is 11.2 Å². The van der Waals surface area contributed by atoms with E-state index in [1.54, 1.807) is 41.0 Å². The number of amides is 1. The molecule has 0 bridgehead atoms. The van der Waals surface area contributed by atoms with Crippen molar-refractivity contribution in [1.82, 2.24) is 23.7 Å². The van der Waals surface area contributed by atoms with Gasteiger partial charge in [0.1, 0.15) is 0 Å². The molecule has 1 fully saturated rings. The average molecular weight is 620 g/mol. The highest BCUT2D eigenvalue weighted by Gasteiger charge is 2.26. The SMILES string of the molecule is COc1cc(/C=N/N2C(=O)CSC2=S)ccc1Oc1nc2c(c(=O)n(C)c(=O)n2C)n1Cc1ccc(Cl)cc1Cl. The number of carbonyl (C=O) groups excluding carboxylic acids is 1. The van der Waals surface area contributed by atoms with Gasteiger partial charge in [-0.2, -0.15) is 15.1 Å². The number of carbonyl (C=O) groups is 1. The standard InChI is InChI=1S/C25H20Cl2N6O5S2/c1-30-21-20(22(35)31(2)24(30)36)32(11-14-5-6-15(26)9-16(14)27)23(29-21)38-17-7-4-13(8-18(17)37-3)10-28-33-19(34)12-40-25(33)39/h4-10H,11-12H2,1-3H3/b28-10+. The zero-order valence-corrected chi connectivity index (χ0v) is 24.4. The Morgan fingerprint density at radius 3 is 2.55 bits per heavy atom. The van der Waals surface area contributed by atoms with Crippen molar-refractivity contribution in [1.29, 1.82) is 0 Å². The number of benzene rings is 2.